The Labute approximate surface area is 104 Å². The fraction of sp³-hybridized carbons (Fsp3) is 0.500. The maximum atomic E-state index is 12.9. The molecule has 0 aromatic heterocycles. The van der Waals surface area contributed by atoms with Gasteiger partial charge in [0, 0.05) is 7.05 Å². The van der Waals surface area contributed by atoms with E-state index in [1.807, 2.05) is 20.8 Å². The Bertz CT molecular complexity index is 419. The predicted molar refractivity (Wildman–Crippen MR) is 64.7 cm³/mol. The number of hydrogen-bond donors (Lipinski definition) is 1. The minimum atomic E-state index is -4.41. The molecule has 17 heavy (non-hydrogen) atoms. The molecule has 0 fully saturated rings. The molecule has 0 heterocycles. The van der Waals surface area contributed by atoms with Crippen LogP contribution in [0.5, 0.6) is 0 Å². The number of benzene rings is 1. The average Bonchev–Trinajstić information content (AvgIpc) is 2.13. The van der Waals surface area contributed by atoms with Crippen LogP contribution in [0.2, 0.25) is 5.02 Å². The van der Waals surface area contributed by atoms with E-state index in [2.05, 4.69) is 5.32 Å². The third kappa shape index (κ3) is 3.06. The molecule has 1 aromatic carbocycles. The van der Waals surface area contributed by atoms with Crippen LogP contribution in [-0.2, 0) is 11.6 Å². The molecule has 96 valence electrons. The van der Waals surface area contributed by atoms with Crippen molar-refractivity contribution in [1.29, 1.82) is 0 Å². The van der Waals surface area contributed by atoms with Gasteiger partial charge in [0.15, 0.2) is 0 Å². The smallest absolute Gasteiger partial charge is 0.386 e. The lowest BCUT2D eigenvalue weighted by Crippen LogP contribution is -2.16. The maximum Gasteiger partial charge on any atom is 0.418 e. The molecule has 1 N–H and O–H groups in total. The molecule has 0 aliphatic rings. The highest BCUT2D eigenvalue weighted by atomic mass is 35.5. The van der Waals surface area contributed by atoms with Crippen LogP contribution in [0.1, 0.15) is 31.9 Å². The quantitative estimate of drug-likeness (QED) is 0.776. The van der Waals surface area contributed by atoms with E-state index >= 15 is 0 Å². The Morgan fingerprint density at radius 1 is 1.12 bits per heavy atom. The summed E-state index contributed by atoms with van der Waals surface area (Å²) in [6.45, 7) is 5.54. The van der Waals surface area contributed by atoms with Crippen LogP contribution in [0.25, 0.3) is 0 Å². The highest BCUT2D eigenvalue weighted by molar-refractivity contribution is 6.33. The first kappa shape index (κ1) is 14.2. The van der Waals surface area contributed by atoms with Crippen molar-refractivity contribution in [2.24, 2.45) is 0 Å². The predicted octanol–water partition coefficient (Wildman–Crippen LogP) is 4.70. The van der Waals surface area contributed by atoms with Gasteiger partial charge in [0.1, 0.15) is 0 Å². The molecule has 0 bridgehead atoms. The van der Waals surface area contributed by atoms with Crippen LogP contribution >= 0.6 is 11.6 Å². The second-order valence-corrected chi connectivity index (χ2v) is 5.29. The minimum Gasteiger partial charge on any atom is -0.386 e. The molecule has 0 atom stereocenters. The van der Waals surface area contributed by atoms with Crippen molar-refractivity contribution < 1.29 is 13.2 Å². The van der Waals surface area contributed by atoms with Gasteiger partial charge >= 0.3 is 6.18 Å². The van der Waals surface area contributed by atoms with Gasteiger partial charge in [-0.25, -0.2) is 0 Å². The standard InChI is InChI=1S/C12H15ClF3N/c1-11(2,3)7-5-8(12(14,15)16)10(17-4)9(13)6-7/h5-6,17H,1-4H3. The summed E-state index contributed by atoms with van der Waals surface area (Å²) in [7, 11) is 1.42. The van der Waals surface area contributed by atoms with Gasteiger partial charge in [-0.2, -0.15) is 13.2 Å². The number of halogens is 4. The molecule has 0 spiro atoms. The van der Waals surface area contributed by atoms with E-state index in [0.717, 1.165) is 6.07 Å². The number of rotatable bonds is 1. The van der Waals surface area contributed by atoms with Crippen LogP contribution in [0, 0.1) is 0 Å². The van der Waals surface area contributed by atoms with Crippen LogP contribution < -0.4 is 5.32 Å². The molecule has 0 amide bonds. The van der Waals surface area contributed by atoms with Gasteiger partial charge in [-0.1, -0.05) is 32.4 Å². The lowest BCUT2D eigenvalue weighted by molar-refractivity contribution is -0.137. The van der Waals surface area contributed by atoms with E-state index in [1.54, 1.807) is 6.07 Å². The fourth-order valence-corrected chi connectivity index (χ4v) is 1.83. The number of nitrogens with one attached hydrogen (secondary N) is 1. The van der Waals surface area contributed by atoms with Gasteiger partial charge in [-0.15, -0.1) is 0 Å². The van der Waals surface area contributed by atoms with E-state index in [-0.39, 0.29) is 16.1 Å². The normalized spacial score (nSPS) is 12.7. The first-order chi connectivity index (χ1) is 7.57. The summed E-state index contributed by atoms with van der Waals surface area (Å²) in [6, 6.07) is 2.72. The molecular weight excluding hydrogens is 251 g/mol. The Morgan fingerprint density at radius 3 is 2.00 bits per heavy atom. The van der Waals surface area contributed by atoms with E-state index in [0.29, 0.717) is 5.56 Å². The van der Waals surface area contributed by atoms with Gasteiger partial charge in [-0.05, 0) is 23.1 Å². The fourth-order valence-electron chi connectivity index (χ4n) is 1.52. The summed E-state index contributed by atoms with van der Waals surface area (Å²) in [5, 5.41) is 2.59. The van der Waals surface area contributed by atoms with Crippen LogP contribution in [0.4, 0.5) is 18.9 Å². The zero-order valence-corrected chi connectivity index (χ0v) is 10.9. The van der Waals surface area contributed by atoms with Crippen LogP contribution in [0.15, 0.2) is 12.1 Å². The zero-order chi connectivity index (χ0) is 13.4. The molecule has 1 rings (SSSR count). The summed E-state index contributed by atoms with van der Waals surface area (Å²) >= 11 is 5.88. The maximum absolute atomic E-state index is 12.9. The second kappa shape index (κ2) is 4.41. The topological polar surface area (TPSA) is 12.0 Å². The Hall–Kier alpha value is -0.900. The minimum absolute atomic E-state index is 0.0767. The van der Waals surface area contributed by atoms with Crippen LogP contribution in [-0.4, -0.2) is 7.05 Å². The highest BCUT2D eigenvalue weighted by Gasteiger charge is 2.35. The monoisotopic (exact) mass is 265 g/mol. The van der Waals surface area contributed by atoms with Crippen molar-refractivity contribution in [3.8, 4) is 0 Å². The van der Waals surface area contributed by atoms with Crippen molar-refractivity contribution in [3.05, 3.63) is 28.3 Å². The Morgan fingerprint density at radius 2 is 1.65 bits per heavy atom. The summed E-state index contributed by atoms with van der Waals surface area (Å²) in [4.78, 5) is 0. The first-order valence-electron chi connectivity index (χ1n) is 5.16. The lowest BCUT2D eigenvalue weighted by Gasteiger charge is -2.23. The third-order valence-corrected chi connectivity index (χ3v) is 2.81. The molecule has 0 saturated heterocycles. The summed E-state index contributed by atoms with van der Waals surface area (Å²) in [6.07, 6.45) is -4.41. The molecule has 1 aromatic rings. The largest absolute Gasteiger partial charge is 0.418 e. The Balaban J connectivity index is 3.51. The first-order valence-corrected chi connectivity index (χ1v) is 5.54. The zero-order valence-electron chi connectivity index (χ0n) is 10.2. The molecular formula is C12H15ClF3N. The van der Waals surface area contributed by atoms with E-state index in [1.165, 1.54) is 7.05 Å². The molecule has 0 saturated carbocycles. The third-order valence-electron chi connectivity index (χ3n) is 2.51. The van der Waals surface area contributed by atoms with Crippen LogP contribution in [0.3, 0.4) is 0 Å². The van der Waals surface area contributed by atoms with Crippen molar-refractivity contribution in [3.63, 3.8) is 0 Å². The summed E-state index contributed by atoms with van der Waals surface area (Å²) < 4.78 is 38.7. The second-order valence-electron chi connectivity index (χ2n) is 4.88. The summed E-state index contributed by atoms with van der Waals surface area (Å²) in [5.41, 5.74) is -0.617. The van der Waals surface area contributed by atoms with Gasteiger partial charge in [0.2, 0.25) is 0 Å². The van der Waals surface area contributed by atoms with Gasteiger partial charge in [0.05, 0.1) is 16.3 Å². The van der Waals surface area contributed by atoms with Gasteiger partial charge in [-0.3, -0.25) is 0 Å². The SMILES string of the molecule is CNc1c(Cl)cc(C(C)(C)C)cc1C(F)(F)F. The molecule has 5 heteroatoms. The van der Waals surface area contributed by atoms with Crippen molar-refractivity contribution >= 4 is 17.3 Å². The van der Waals surface area contributed by atoms with E-state index in [9.17, 15) is 13.2 Å². The molecule has 0 aliphatic heterocycles. The number of anilines is 1. The van der Waals surface area contributed by atoms with Gasteiger partial charge < -0.3 is 5.32 Å². The van der Waals surface area contributed by atoms with E-state index in [4.69, 9.17) is 11.6 Å². The highest BCUT2D eigenvalue weighted by Crippen LogP contribution is 2.41. The van der Waals surface area contributed by atoms with E-state index < -0.39 is 11.7 Å². The molecule has 0 aliphatic carbocycles. The van der Waals surface area contributed by atoms with Crippen molar-refractivity contribution in [1.82, 2.24) is 0 Å². The molecule has 0 radical (unpaired) electrons. The average molecular weight is 266 g/mol. The van der Waals surface area contributed by atoms with Crippen molar-refractivity contribution in [2.45, 2.75) is 32.4 Å². The number of alkyl halides is 3. The van der Waals surface area contributed by atoms with Crippen molar-refractivity contribution in [2.75, 3.05) is 12.4 Å². The molecule has 1 nitrogen and oxygen atoms in total. The Kier molecular flexibility index (Phi) is 3.67. The lowest BCUT2D eigenvalue weighted by atomic mass is 9.85. The summed E-state index contributed by atoms with van der Waals surface area (Å²) in [5.74, 6) is 0. The molecule has 0 unspecified atom stereocenters. The number of hydrogen-bond acceptors (Lipinski definition) is 1. The van der Waals surface area contributed by atoms with Gasteiger partial charge in [0.25, 0.3) is 0 Å².